The van der Waals surface area contributed by atoms with Crippen molar-refractivity contribution in [2.24, 2.45) is 11.8 Å². The van der Waals surface area contributed by atoms with Crippen LogP contribution in [-0.2, 0) is 4.79 Å². The van der Waals surface area contributed by atoms with Crippen LogP contribution >= 0.6 is 0 Å². The molecule has 1 saturated heterocycles. The van der Waals surface area contributed by atoms with Crippen molar-refractivity contribution < 1.29 is 19.7 Å². The number of amides is 1. The highest BCUT2D eigenvalue weighted by atomic mass is 16.5. The number of hydrogen-bond acceptors (Lipinski definition) is 6. The van der Waals surface area contributed by atoms with E-state index in [0.29, 0.717) is 12.3 Å². The van der Waals surface area contributed by atoms with Crippen molar-refractivity contribution in [3.63, 3.8) is 0 Å². The lowest BCUT2D eigenvalue weighted by atomic mass is 9.87. The molecule has 2 aliphatic rings. The molecule has 0 radical (unpaired) electrons. The van der Waals surface area contributed by atoms with Gasteiger partial charge in [0.1, 0.15) is 5.75 Å². The quantitative estimate of drug-likeness (QED) is 0.608. The zero-order chi connectivity index (χ0) is 20.6. The van der Waals surface area contributed by atoms with Gasteiger partial charge in [-0.15, -0.1) is 0 Å². The maximum absolute atomic E-state index is 12.2. The number of nitrogens with one attached hydrogen (secondary N) is 1. The van der Waals surface area contributed by atoms with E-state index >= 15 is 0 Å². The number of carbonyl (C=O) groups excluding carboxylic acids is 1. The van der Waals surface area contributed by atoms with Gasteiger partial charge < -0.3 is 25.2 Å². The number of carbonyl (C=O) groups is 1. The third kappa shape index (κ3) is 6.52. The van der Waals surface area contributed by atoms with E-state index in [9.17, 15) is 9.90 Å². The molecular formula is C22H33N3O4. The molecule has 160 valence electrons. The monoisotopic (exact) mass is 403 g/mol. The van der Waals surface area contributed by atoms with Crippen LogP contribution in [0, 0.1) is 11.8 Å². The van der Waals surface area contributed by atoms with Crippen LogP contribution < -0.4 is 10.1 Å². The lowest BCUT2D eigenvalue weighted by Crippen LogP contribution is -2.38. The number of hydrogen-bond donors (Lipinski definition) is 3. The number of ether oxygens (including phenoxy) is 1. The summed E-state index contributed by atoms with van der Waals surface area (Å²) < 4.78 is 5.94. The predicted molar refractivity (Wildman–Crippen MR) is 111 cm³/mol. The second kappa shape index (κ2) is 10.7. The fourth-order valence-corrected chi connectivity index (χ4v) is 3.83. The van der Waals surface area contributed by atoms with Crippen LogP contribution in [0.25, 0.3) is 5.57 Å². The zero-order valence-electron chi connectivity index (χ0n) is 17.2. The van der Waals surface area contributed by atoms with Gasteiger partial charge >= 0.3 is 0 Å². The normalized spacial score (nSPS) is 22.0. The first-order valence-electron chi connectivity index (χ1n) is 10.6. The number of pyridine rings is 1. The average molecular weight is 404 g/mol. The molecule has 3 N–H and O–H groups in total. The highest BCUT2D eigenvalue weighted by Gasteiger charge is 2.23. The van der Waals surface area contributed by atoms with Crippen LogP contribution in [-0.4, -0.2) is 72.0 Å². The SMILES string of the molecule is CN1CCC(COc2ccc(C3=CCC(C(=O)NCC(O)CO)CC3)nc2)CC1. The third-order valence-electron chi connectivity index (χ3n) is 5.89. The van der Waals surface area contributed by atoms with E-state index in [2.05, 4.69) is 28.3 Å². The van der Waals surface area contributed by atoms with Gasteiger partial charge in [0, 0.05) is 12.5 Å². The topological polar surface area (TPSA) is 94.9 Å². The molecule has 1 amide bonds. The highest BCUT2D eigenvalue weighted by molar-refractivity contribution is 5.80. The van der Waals surface area contributed by atoms with Crippen molar-refractivity contribution in [2.45, 2.75) is 38.2 Å². The molecular weight excluding hydrogens is 370 g/mol. The molecule has 1 fully saturated rings. The number of likely N-dealkylation sites (tertiary alicyclic amines) is 1. The summed E-state index contributed by atoms with van der Waals surface area (Å²) in [7, 11) is 2.16. The molecule has 1 aromatic rings. The minimum Gasteiger partial charge on any atom is -0.492 e. The van der Waals surface area contributed by atoms with E-state index in [-0.39, 0.29) is 25.0 Å². The highest BCUT2D eigenvalue weighted by Crippen LogP contribution is 2.30. The van der Waals surface area contributed by atoms with Gasteiger partial charge in [0.25, 0.3) is 0 Å². The molecule has 2 atom stereocenters. The van der Waals surface area contributed by atoms with Crippen LogP contribution in [0.15, 0.2) is 24.4 Å². The van der Waals surface area contributed by atoms with Crippen LogP contribution in [0.2, 0.25) is 0 Å². The molecule has 1 aliphatic carbocycles. The molecule has 2 unspecified atom stereocenters. The van der Waals surface area contributed by atoms with Gasteiger partial charge in [0.05, 0.1) is 31.2 Å². The standard InChI is InChI=1S/C22H33N3O4/c1-25-10-8-16(9-11-25)15-29-20-6-7-21(23-13-20)17-2-4-18(5-3-17)22(28)24-12-19(27)14-26/h2,6-7,13,16,18-19,26-27H,3-5,8-12,14-15H2,1H3,(H,24,28). The fourth-order valence-electron chi connectivity index (χ4n) is 3.83. The molecule has 29 heavy (non-hydrogen) atoms. The van der Waals surface area contributed by atoms with Gasteiger partial charge in [-0.2, -0.15) is 0 Å². The number of piperidine rings is 1. The number of aliphatic hydroxyl groups excluding tert-OH is 2. The van der Waals surface area contributed by atoms with Crippen LogP contribution in [0.1, 0.15) is 37.8 Å². The van der Waals surface area contributed by atoms with Crippen LogP contribution in [0.4, 0.5) is 0 Å². The Hall–Kier alpha value is -1.96. The molecule has 2 heterocycles. The molecule has 7 nitrogen and oxygen atoms in total. The smallest absolute Gasteiger partial charge is 0.223 e. The number of allylic oxidation sites excluding steroid dienone is 2. The first-order chi connectivity index (χ1) is 14.0. The Morgan fingerprint density at radius 1 is 1.34 bits per heavy atom. The van der Waals surface area contributed by atoms with Gasteiger partial charge in [-0.05, 0) is 75.9 Å². The summed E-state index contributed by atoms with van der Waals surface area (Å²) in [6.07, 6.45) is 7.54. The Morgan fingerprint density at radius 3 is 2.76 bits per heavy atom. The average Bonchev–Trinajstić information content (AvgIpc) is 2.77. The summed E-state index contributed by atoms with van der Waals surface area (Å²) in [5, 5.41) is 20.9. The number of rotatable bonds is 8. The van der Waals surface area contributed by atoms with Gasteiger partial charge in [-0.1, -0.05) is 6.08 Å². The van der Waals surface area contributed by atoms with Crippen LogP contribution in [0.5, 0.6) is 5.75 Å². The summed E-state index contributed by atoms with van der Waals surface area (Å²) in [5.41, 5.74) is 2.09. The van der Waals surface area contributed by atoms with Crippen molar-refractivity contribution in [2.75, 3.05) is 39.9 Å². The lowest BCUT2D eigenvalue weighted by molar-refractivity contribution is -0.125. The number of nitrogens with zero attached hydrogens (tertiary/aromatic N) is 2. The van der Waals surface area contributed by atoms with E-state index in [4.69, 9.17) is 9.84 Å². The zero-order valence-corrected chi connectivity index (χ0v) is 17.2. The van der Waals surface area contributed by atoms with Crippen molar-refractivity contribution >= 4 is 11.5 Å². The second-order valence-electron chi connectivity index (χ2n) is 8.22. The largest absolute Gasteiger partial charge is 0.492 e. The summed E-state index contributed by atoms with van der Waals surface area (Å²) in [5.74, 6) is 1.26. The molecule has 1 aliphatic heterocycles. The molecule has 0 aromatic carbocycles. The van der Waals surface area contributed by atoms with Crippen LogP contribution in [0.3, 0.4) is 0 Å². The molecule has 7 heteroatoms. The van der Waals surface area contributed by atoms with Crippen molar-refractivity contribution in [3.05, 3.63) is 30.1 Å². The predicted octanol–water partition coefficient (Wildman–Crippen LogP) is 1.46. The van der Waals surface area contributed by atoms with E-state index in [1.807, 2.05) is 12.1 Å². The van der Waals surface area contributed by atoms with E-state index in [0.717, 1.165) is 49.6 Å². The summed E-state index contributed by atoms with van der Waals surface area (Å²) in [6.45, 7) is 2.77. The fraction of sp³-hybridized carbons (Fsp3) is 0.636. The van der Waals surface area contributed by atoms with Crippen molar-refractivity contribution in [3.8, 4) is 5.75 Å². The van der Waals surface area contributed by atoms with Gasteiger partial charge in [-0.3, -0.25) is 9.78 Å². The Morgan fingerprint density at radius 2 is 2.14 bits per heavy atom. The molecule has 0 saturated carbocycles. The Balaban J connectivity index is 1.45. The third-order valence-corrected chi connectivity index (χ3v) is 5.89. The minimum atomic E-state index is -0.905. The van der Waals surface area contributed by atoms with E-state index < -0.39 is 6.10 Å². The maximum Gasteiger partial charge on any atom is 0.223 e. The maximum atomic E-state index is 12.2. The summed E-state index contributed by atoms with van der Waals surface area (Å²) in [4.78, 5) is 19.1. The first-order valence-corrected chi connectivity index (χ1v) is 10.6. The van der Waals surface area contributed by atoms with Gasteiger partial charge in [-0.25, -0.2) is 0 Å². The number of aromatic nitrogens is 1. The Bertz CT molecular complexity index is 684. The Kier molecular flexibility index (Phi) is 8.03. The molecule has 3 rings (SSSR count). The van der Waals surface area contributed by atoms with Gasteiger partial charge in [0.2, 0.25) is 5.91 Å². The summed E-state index contributed by atoms with van der Waals surface area (Å²) in [6, 6.07) is 3.97. The van der Waals surface area contributed by atoms with E-state index in [1.165, 1.54) is 12.8 Å². The Labute approximate surface area is 172 Å². The molecule has 1 aromatic heterocycles. The first kappa shape index (κ1) is 21.7. The van der Waals surface area contributed by atoms with Gasteiger partial charge in [0.15, 0.2) is 0 Å². The molecule has 0 spiro atoms. The lowest BCUT2D eigenvalue weighted by Gasteiger charge is -2.28. The van der Waals surface area contributed by atoms with Crippen molar-refractivity contribution in [1.29, 1.82) is 0 Å². The van der Waals surface area contributed by atoms with Crippen molar-refractivity contribution in [1.82, 2.24) is 15.2 Å². The minimum absolute atomic E-state index is 0.0709. The molecule has 0 bridgehead atoms. The summed E-state index contributed by atoms with van der Waals surface area (Å²) >= 11 is 0. The second-order valence-corrected chi connectivity index (χ2v) is 8.22. The van der Waals surface area contributed by atoms with E-state index in [1.54, 1.807) is 6.20 Å². The number of aliphatic hydroxyl groups is 2.